The highest BCUT2D eigenvalue weighted by atomic mass is 15.0. The highest BCUT2D eigenvalue weighted by molar-refractivity contribution is 5.71. The highest BCUT2D eigenvalue weighted by Crippen LogP contribution is 2.28. The molecular weight excluding hydrogens is 466 g/mol. The molecule has 0 amide bonds. The molecule has 6 rings (SSSR count). The van der Waals surface area contributed by atoms with Crippen molar-refractivity contribution in [3.63, 3.8) is 0 Å². The molecule has 182 valence electrons. The predicted octanol–water partition coefficient (Wildman–Crippen LogP) is 7.61. The lowest BCUT2D eigenvalue weighted by molar-refractivity contribution is 1.06. The first-order valence-electron chi connectivity index (χ1n) is 12.5. The van der Waals surface area contributed by atoms with Gasteiger partial charge in [-0.25, -0.2) is 24.9 Å². The van der Waals surface area contributed by atoms with Crippen LogP contribution in [0.4, 0.5) is 0 Å². The Labute approximate surface area is 222 Å². The molecule has 2 heterocycles. The predicted molar refractivity (Wildman–Crippen MR) is 152 cm³/mol. The summed E-state index contributed by atoms with van der Waals surface area (Å²) in [5.74, 6) is 2.61. The van der Waals surface area contributed by atoms with Crippen LogP contribution in [0.5, 0.6) is 0 Å². The molecule has 0 N–H and O–H groups in total. The number of benzene rings is 4. The number of hydrogen-bond acceptors (Lipinski definition) is 5. The van der Waals surface area contributed by atoms with Gasteiger partial charge >= 0.3 is 0 Å². The minimum absolute atomic E-state index is 0.619. The van der Waals surface area contributed by atoms with Crippen LogP contribution >= 0.6 is 0 Å². The molecule has 0 radical (unpaired) electrons. The molecule has 2 aromatic heterocycles. The first-order chi connectivity index (χ1) is 18.6. The van der Waals surface area contributed by atoms with Crippen molar-refractivity contribution in [1.29, 1.82) is 0 Å². The average Bonchev–Trinajstić information content (AvgIpc) is 2.97. The molecule has 5 nitrogen and oxygen atoms in total. The molecule has 5 heteroatoms. The molecule has 0 unspecified atom stereocenters. The smallest absolute Gasteiger partial charge is 0.164 e. The van der Waals surface area contributed by atoms with Crippen LogP contribution in [0.1, 0.15) is 11.4 Å². The summed E-state index contributed by atoms with van der Waals surface area (Å²) in [5, 5.41) is 0. The minimum Gasteiger partial charge on any atom is -0.233 e. The maximum atomic E-state index is 4.88. The molecule has 0 aliphatic heterocycles. The fraction of sp³-hybridized carbons (Fsp3) is 0.0606. The Morgan fingerprint density at radius 3 is 1.03 bits per heavy atom. The number of nitrogens with zero attached hydrogens (tertiary/aromatic N) is 5. The van der Waals surface area contributed by atoms with Crippen molar-refractivity contribution in [2.24, 2.45) is 0 Å². The second kappa shape index (κ2) is 10.1. The van der Waals surface area contributed by atoms with Gasteiger partial charge in [-0.2, -0.15) is 0 Å². The van der Waals surface area contributed by atoms with E-state index in [9.17, 15) is 0 Å². The first-order valence-corrected chi connectivity index (χ1v) is 12.5. The molecule has 0 saturated heterocycles. The van der Waals surface area contributed by atoms with Crippen LogP contribution < -0.4 is 0 Å². The van der Waals surface area contributed by atoms with Crippen molar-refractivity contribution in [3.05, 3.63) is 127 Å². The van der Waals surface area contributed by atoms with Gasteiger partial charge in [0.15, 0.2) is 23.3 Å². The maximum absolute atomic E-state index is 4.88. The minimum atomic E-state index is 0.619. The Kier molecular flexibility index (Phi) is 6.24. The lowest BCUT2D eigenvalue weighted by Crippen LogP contribution is -2.00. The first kappa shape index (κ1) is 23.4. The molecule has 0 saturated carbocycles. The van der Waals surface area contributed by atoms with Crippen molar-refractivity contribution in [2.75, 3.05) is 0 Å². The SMILES string of the molecule is Cc1cc(C)nc(-c2ccc(-c3nc(-c4ccccc4)nc(-c4ccc(-c5ccccc5)cc4)n3)cc2)n1. The number of aromatic nitrogens is 5. The summed E-state index contributed by atoms with van der Waals surface area (Å²) in [4.78, 5) is 23.7. The average molecular weight is 492 g/mol. The Balaban J connectivity index is 1.40. The van der Waals surface area contributed by atoms with E-state index in [0.29, 0.717) is 23.3 Å². The lowest BCUT2D eigenvalue weighted by atomic mass is 10.0. The van der Waals surface area contributed by atoms with Crippen molar-refractivity contribution in [2.45, 2.75) is 13.8 Å². The Morgan fingerprint density at radius 2 is 0.605 bits per heavy atom. The fourth-order valence-electron chi connectivity index (χ4n) is 4.42. The molecule has 0 atom stereocenters. The highest BCUT2D eigenvalue weighted by Gasteiger charge is 2.13. The van der Waals surface area contributed by atoms with Gasteiger partial charge in [-0.1, -0.05) is 109 Å². The summed E-state index contributed by atoms with van der Waals surface area (Å²) in [7, 11) is 0. The van der Waals surface area contributed by atoms with Gasteiger partial charge in [0.1, 0.15) is 0 Å². The van der Waals surface area contributed by atoms with E-state index in [4.69, 9.17) is 15.0 Å². The molecule has 0 aliphatic carbocycles. The fourth-order valence-corrected chi connectivity index (χ4v) is 4.42. The van der Waals surface area contributed by atoms with Gasteiger partial charge in [0.2, 0.25) is 0 Å². The zero-order valence-corrected chi connectivity index (χ0v) is 21.2. The summed E-state index contributed by atoms with van der Waals surface area (Å²) in [6.45, 7) is 3.97. The molecule has 0 bridgehead atoms. The van der Waals surface area contributed by atoms with Crippen LogP contribution in [-0.2, 0) is 0 Å². The summed E-state index contributed by atoms with van der Waals surface area (Å²) in [6.07, 6.45) is 0. The van der Waals surface area contributed by atoms with Crippen molar-refractivity contribution < 1.29 is 0 Å². The van der Waals surface area contributed by atoms with E-state index < -0.39 is 0 Å². The van der Waals surface area contributed by atoms with E-state index in [2.05, 4.69) is 46.4 Å². The Hall–Kier alpha value is -5.03. The molecule has 0 aliphatic rings. The molecule has 38 heavy (non-hydrogen) atoms. The summed E-state index contributed by atoms with van der Waals surface area (Å²) in [6, 6.07) is 38.7. The number of rotatable bonds is 5. The number of hydrogen-bond donors (Lipinski definition) is 0. The van der Waals surface area contributed by atoms with Gasteiger partial charge in [-0.15, -0.1) is 0 Å². The molecule has 0 spiro atoms. The van der Waals surface area contributed by atoms with E-state index in [0.717, 1.165) is 39.2 Å². The zero-order valence-electron chi connectivity index (χ0n) is 21.2. The van der Waals surface area contributed by atoms with Crippen molar-refractivity contribution in [3.8, 4) is 56.7 Å². The monoisotopic (exact) mass is 491 g/mol. The quantitative estimate of drug-likeness (QED) is 0.248. The van der Waals surface area contributed by atoms with Crippen LogP contribution in [0.3, 0.4) is 0 Å². The normalized spacial score (nSPS) is 10.9. The van der Waals surface area contributed by atoms with E-state index in [1.54, 1.807) is 0 Å². The van der Waals surface area contributed by atoms with Gasteiger partial charge < -0.3 is 0 Å². The standard InChI is InChI=1S/C33H25N5/c1-22-21-23(2)35-30(34-22)27-17-19-29(20-18-27)33-37-31(26-11-7-4-8-12-26)36-32(38-33)28-15-13-25(14-16-28)24-9-5-3-6-10-24/h3-21H,1-2H3. The summed E-state index contributed by atoms with van der Waals surface area (Å²) < 4.78 is 0. The van der Waals surface area contributed by atoms with Crippen LogP contribution in [0.15, 0.2) is 115 Å². The van der Waals surface area contributed by atoms with Gasteiger partial charge in [-0.3, -0.25) is 0 Å². The largest absolute Gasteiger partial charge is 0.233 e. The van der Waals surface area contributed by atoms with E-state index in [1.807, 2.05) is 92.7 Å². The van der Waals surface area contributed by atoms with Gasteiger partial charge in [-0.05, 0) is 31.0 Å². The Morgan fingerprint density at radius 1 is 0.316 bits per heavy atom. The van der Waals surface area contributed by atoms with Crippen molar-refractivity contribution in [1.82, 2.24) is 24.9 Å². The van der Waals surface area contributed by atoms with Crippen LogP contribution in [-0.4, -0.2) is 24.9 Å². The second-order valence-electron chi connectivity index (χ2n) is 9.17. The van der Waals surface area contributed by atoms with Gasteiger partial charge in [0, 0.05) is 33.6 Å². The van der Waals surface area contributed by atoms with Gasteiger partial charge in [0.25, 0.3) is 0 Å². The summed E-state index contributed by atoms with van der Waals surface area (Å²) in [5.41, 5.74) is 7.96. The lowest BCUT2D eigenvalue weighted by Gasteiger charge is -2.10. The maximum Gasteiger partial charge on any atom is 0.164 e. The Bertz CT molecular complexity index is 1680. The third-order valence-corrected chi connectivity index (χ3v) is 6.30. The van der Waals surface area contributed by atoms with Crippen LogP contribution in [0.2, 0.25) is 0 Å². The van der Waals surface area contributed by atoms with E-state index in [1.165, 1.54) is 5.56 Å². The molecule has 4 aromatic carbocycles. The van der Waals surface area contributed by atoms with Crippen LogP contribution in [0, 0.1) is 13.8 Å². The van der Waals surface area contributed by atoms with E-state index in [-0.39, 0.29) is 0 Å². The summed E-state index contributed by atoms with van der Waals surface area (Å²) >= 11 is 0. The van der Waals surface area contributed by atoms with E-state index >= 15 is 0 Å². The zero-order chi connectivity index (χ0) is 25.9. The second-order valence-corrected chi connectivity index (χ2v) is 9.17. The topological polar surface area (TPSA) is 64.5 Å². The van der Waals surface area contributed by atoms with Crippen molar-refractivity contribution >= 4 is 0 Å². The third kappa shape index (κ3) is 4.95. The third-order valence-electron chi connectivity index (χ3n) is 6.30. The molecule has 6 aromatic rings. The number of aryl methyl sites for hydroxylation is 2. The molecule has 0 fully saturated rings. The van der Waals surface area contributed by atoms with Gasteiger partial charge in [0.05, 0.1) is 0 Å². The molecular formula is C33H25N5. The van der Waals surface area contributed by atoms with Crippen LogP contribution in [0.25, 0.3) is 56.7 Å².